The maximum Gasteiger partial charge on any atom is 0.553 e. The Kier molecular flexibility index (Phi) is 5.40. The van der Waals surface area contributed by atoms with Crippen molar-refractivity contribution in [3.63, 3.8) is 0 Å². The van der Waals surface area contributed by atoms with Gasteiger partial charge >= 0.3 is 12.7 Å². The molecule has 1 nitrogen and oxygen atoms in total. The molecule has 0 bridgehead atoms. The van der Waals surface area contributed by atoms with Crippen LogP contribution in [0.5, 0.6) is 0 Å². The summed E-state index contributed by atoms with van der Waals surface area (Å²) in [6.45, 7) is 5.21. The lowest BCUT2D eigenvalue weighted by atomic mass is 10.2. The van der Waals surface area contributed by atoms with Gasteiger partial charge in [0.05, 0.1) is 0 Å². The second kappa shape index (κ2) is 4.81. The topological polar surface area (TPSA) is 9.23 Å². The highest BCUT2D eigenvalue weighted by Gasteiger charge is 2.06. The third-order valence-corrected chi connectivity index (χ3v) is 2.10. The van der Waals surface area contributed by atoms with Crippen LogP contribution in [0.15, 0.2) is 0 Å². The van der Waals surface area contributed by atoms with Crippen molar-refractivity contribution in [2.45, 2.75) is 19.6 Å². The van der Waals surface area contributed by atoms with Crippen LogP contribution in [0.4, 0.5) is 0 Å². The van der Waals surface area contributed by atoms with E-state index in [1.807, 2.05) is 0 Å². The van der Waals surface area contributed by atoms with E-state index in [-0.39, 0.29) is 0 Å². The maximum atomic E-state index is 5.36. The van der Waals surface area contributed by atoms with Crippen LogP contribution >= 0.6 is 14.1 Å². The monoisotopic (exact) mass is 194 g/mol. The fourth-order valence-corrected chi connectivity index (χ4v) is 1.43. The molecule has 0 heterocycles. The van der Waals surface area contributed by atoms with Crippen LogP contribution in [0.1, 0.15) is 13.8 Å². The third-order valence-electron chi connectivity index (χ3n) is 0.659. The minimum absolute atomic E-state index is 0.669. The number of hydrogen-bond acceptors (Lipinski definition) is 1. The second-order valence-corrected chi connectivity index (χ2v) is 7.56. The van der Waals surface area contributed by atoms with E-state index in [2.05, 4.69) is 33.7 Å². The summed E-state index contributed by atoms with van der Waals surface area (Å²) in [4.78, 5) is 0. The van der Waals surface area contributed by atoms with Crippen molar-refractivity contribution in [2.24, 2.45) is 5.92 Å². The Morgan fingerprint density at radius 1 is 1.62 bits per heavy atom. The van der Waals surface area contributed by atoms with Crippen molar-refractivity contribution in [3.05, 3.63) is 0 Å². The molecule has 8 heavy (non-hydrogen) atoms. The molecule has 0 saturated carbocycles. The van der Waals surface area contributed by atoms with Gasteiger partial charge in [0.25, 0.3) is 0 Å². The molecule has 0 amide bonds. The molecule has 3 heteroatoms. The molecule has 0 aliphatic carbocycles. The molecule has 0 N–H and O–H groups in total. The lowest BCUT2D eigenvalue weighted by molar-refractivity contribution is 0.284. The van der Waals surface area contributed by atoms with Gasteiger partial charge in [-0.2, -0.15) is 14.1 Å². The molecule has 0 saturated heterocycles. The van der Waals surface area contributed by atoms with Gasteiger partial charge < -0.3 is 3.79 Å². The van der Waals surface area contributed by atoms with Gasteiger partial charge in [-0.05, 0) is 5.92 Å². The molecular weight excluding hydrogens is 183 g/mol. The summed E-state index contributed by atoms with van der Waals surface area (Å²) in [6.07, 6.45) is 0. The van der Waals surface area contributed by atoms with Gasteiger partial charge in [-0.1, -0.05) is 19.6 Å². The predicted octanol–water partition coefficient (Wildman–Crippen LogP) is 2.17. The van der Waals surface area contributed by atoms with Crippen LogP contribution in [-0.2, 0) is 3.79 Å². The highest BCUT2D eigenvalue weighted by molar-refractivity contribution is 9.24. The zero-order valence-electron chi connectivity index (χ0n) is 5.65. The largest absolute Gasteiger partial charge is 0.553 e. The SMILES string of the molecule is CC(C)C[O][Al]([CH3])[Br]. The lowest BCUT2D eigenvalue weighted by Gasteiger charge is -2.05. The second-order valence-electron chi connectivity index (χ2n) is 2.27. The summed E-state index contributed by atoms with van der Waals surface area (Å²) in [5, 5.41) is 0. The van der Waals surface area contributed by atoms with Gasteiger partial charge in [-0.25, -0.2) is 0 Å². The van der Waals surface area contributed by atoms with Crippen LogP contribution in [0.2, 0.25) is 5.79 Å². The molecule has 0 aromatic heterocycles. The molecule has 48 valence electrons. The Hall–Kier alpha value is 0.972. The minimum Gasteiger partial charge on any atom is -0.492 e. The average molecular weight is 195 g/mol. The van der Waals surface area contributed by atoms with Gasteiger partial charge in [-0.3, -0.25) is 0 Å². The Bertz CT molecular complexity index is 48.4. The standard InChI is InChI=1S/C4H9O.CH3.Al.BrH/c1-4(2)3-5;;;/h4H,3H2,1-2H3;1H3;;1H/q-1;;+2;/p-1. The van der Waals surface area contributed by atoms with Crippen LogP contribution in [0.25, 0.3) is 0 Å². The Morgan fingerprint density at radius 3 is 2.25 bits per heavy atom. The summed E-state index contributed by atoms with van der Waals surface area (Å²) < 4.78 is 5.36. The fraction of sp³-hybridized carbons (Fsp3) is 1.00. The first-order valence-corrected chi connectivity index (χ1v) is 7.69. The summed E-state index contributed by atoms with van der Waals surface area (Å²) in [5.41, 5.74) is 0. The quantitative estimate of drug-likeness (QED) is 0.627. The van der Waals surface area contributed by atoms with Crippen LogP contribution < -0.4 is 0 Å². The predicted molar refractivity (Wildman–Crippen MR) is 41.3 cm³/mol. The van der Waals surface area contributed by atoms with Gasteiger partial charge in [0.2, 0.25) is 0 Å². The van der Waals surface area contributed by atoms with E-state index in [0.29, 0.717) is 5.92 Å². The average Bonchev–Trinajstić information content (AvgIpc) is 1.61. The molecule has 0 spiro atoms. The van der Waals surface area contributed by atoms with E-state index >= 15 is 0 Å². The molecule has 0 rings (SSSR count). The van der Waals surface area contributed by atoms with Gasteiger partial charge in [0, 0.05) is 6.61 Å². The summed E-state index contributed by atoms with van der Waals surface area (Å²) >= 11 is 2.51. The number of hydrogen-bond donors (Lipinski definition) is 0. The van der Waals surface area contributed by atoms with Gasteiger partial charge in [-0.15, -0.1) is 0 Å². The molecule has 0 aromatic rings. The first-order chi connectivity index (χ1) is 3.63. The van der Waals surface area contributed by atoms with Crippen molar-refractivity contribution in [2.75, 3.05) is 6.61 Å². The van der Waals surface area contributed by atoms with E-state index in [0.717, 1.165) is 6.61 Å². The lowest BCUT2D eigenvalue weighted by Crippen LogP contribution is -2.09. The molecule has 0 radical (unpaired) electrons. The third kappa shape index (κ3) is 6.97. The Morgan fingerprint density at radius 2 is 2.12 bits per heavy atom. The molecule has 0 aliphatic rings. The molecule has 0 atom stereocenters. The summed E-state index contributed by atoms with van der Waals surface area (Å²) in [6, 6.07) is 0. The fourth-order valence-electron chi connectivity index (χ4n) is 0.325. The summed E-state index contributed by atoms with van der Waals surface area (Å²) in [7, 11) is 0. The van der Waals surface area contributed by atoms with Gasteiger partial charge in [0.1, 0.15) is 0 Å². The van der Waals surface area contributed by atoms with E-state index < -0.39 is 12.7 Å². The smallest absolute Gasteiger partial charge is 0.492 e. The van der Waals surface area contributed by atoms with Crippen LogP contribution in [0.3, 0.4) is 0 Å². The highest BCUT2D eigenvalue weighted by atomic mass is 79.9. The highest BCUT2D eigenvalue weighted by Crippen LogP contribution is 1.98. The van der Waals surface area contributed by atoms with E-state index in [9.17, 15) is 0 Å². The minimum atomic E-state index is -0.914. The molecule has 0 aromatic carbocycles. The zero-order chi connectivity index (χ0) is 6.57. The van der Waals surface area contributed by atoms with Crippen molar-refractivity contribution in [3.8, 4) is 0 Å². The van der Waals surface area contributed by atoms with E-state index in [1.54, 1.807) is 0 Å². The summed E-state index contributed by atoms with van der Waals surface area (Å²) in [5.74, 6) is 2.78. The van der Waals surface area contributed by atoms with E-state index in [4.69, 9.17) is 3.79 Å². The molecular formula is C5H12AlBrO. The Balaban J connectivity index is 2.93. The molecule has 0 unspecified atom stereocenters. The first-order valence-electron chi connectivity index (χ1n) is 2.88. The maximum absolute atomic E-state index is 5.36. The van der Waals surface area contributed by atoms with Crippen molar-refractivity contribution in [1.29, 1.82) is 0 Å². The van der Waals surface area contributed by atoms with E-state index in [1.165, 1.54) is 0 Å². The number of halogens is 1. The normalized spacial score (nSPS) is 10.1. The zero-order valence-corrected chi connectivity index (χ0v) is 8.39. The Labute approximate surface area is 62.8 Å². The molecule has 0 fully saturated rings. The van der Waals surface area contributed by atoms with Crippen LogP contribution in [-0.4, -0.2) is 19.3 Å². The van der Waals surface area contributed by atoms with Crippen molar-refractivity contribution < 1.29 is 3.79 Å². The number of rotatable bonds is 3. The van der Waals surface area contributed by atoms with Crippen LogP contribution in [0, 0.1) is 5.92 Å². The van der Waals surface area contributed by atoms with Gasteiger partial charge in [0.15, 0.2) is 0 Å². The van der Waals surface area contributed by atoms with Crippen molar-refractivity contribution in [1.82, 2.24) is 0 Å². The molecule has 0 aliphatic heterocycles. The van der Waals surface area contributed by atoms with Crippen molar-refractivity contribution >= 4 is 26.7 Å². The first kappa shape index (κ1) is 8.97.